The molecule has 0 radical (unpaired) electrons. The van der Waals surface area contributed by atoms with Gasteiger partial charge >= 0.3 is 0 Å². The summed E-state index contributed by atoms with van der Waals surface area (Å²) in [6.07, 6.45) is 8.76. The Labute approximate surface area is 104 Å². The summed E-state index contributed by atoms with van der Waals surface area (Å²) >= 11 is 0. The van der Waals surface area contributed by atoms with Crippen molar-refractivity contribution in [3.8, 4) is 0 Å². The molecule has 4 heteroatoms. The van der Waals surface area contributed by atoms with E-state index in [0.717, 1.165) is 30.7 Å². The highest BCUT2D eigenvalue weighted by Gasteiger charge is 2.17. The zero-order valence-electron chi connectivity index (χ0n) is 11.0. The Hall–Kier alpha value is -0.900. The van der Waals surface area contributed by atoms with E-state index >= 15 is 0 Å². The van der Waals surface area contributed by atoms with E-state index in [0.29, 0.717) is 0 Å². The molecule has 1 saturated carbocycles. The molecule has 0 unspecified atom stereocenters. The molecule has 2 rings (SSSR count). The first-order chi connectivity index (χ1) is 8.25. The van der Waals surface area contributed by atoms with Gasteiger partial charge in [-0.05, 0) is 24.8 Å². The Morgan fingerprint density at radius 1 is 1.35 bits per heavy atom. The van der Waals surface area contributed by atoms with Gasteiger partial charge < -0.3 is 9.88 Å². The molecule has 0 atom stereocenters. The number of nitrogens with one attached hydrogen (secondary N) is 1. The highest BCUT2D eigenvalue weighted by atomic mass is 15.3. The normalized spacial score (nSPS) is 25.1. The van der Waals surface area contributed by atoms with E-state index in [-0.39, 0.29) is 0 Å². The van der Waals surface area contributed by atoms with Crippen LogP contribution in [0.4, 0.5) is 0 Å². The Balaban J connectivity index is 1.59. The summed E-state index contributed by atoms with van der Waals surface area (Å²) in [5.74, 6) is 2.92. The van der Waals surface area contributed by atoms with Crippen molar-refractivity contribution in [1.29, 1.82) is 0 Å². The maximum absolute atomic E-state index is 4.06. The summed E-state index contributed by atoms with van der Waals surface area (Å²) < 4.78 is 1.97. The fraction of sp³-hybridized carbons (Fsp3) is 0.846. The van der Waals surface area contributed by atoms with Gasteiger partial charge in [0.25, 0.3) is 0 Å². The number of nitrogens with zero attached hydrogens (tertiary/aromatic N) is 3. The van der Waals surface area contributed by atoms with E-state index < -0.39 is 0 Å². The van der Waals surface area contributed by atoms with Crippen molar-refractivity contribution < 1.29 is 0 Å². The lowest BCUT2D eigenvalue weighted by molar-refractivity contribution is 0.275. The molecule has 1 aliphatic rings. The second kappa shape index (κ2) is 6.15. The van der Waals surface area contributed by atoms with Gasteiger partial charge in [-0.3, -0.25) is 0 Å². The molecule has 96 valence electrons. The van der Waals surface area contributed by atoms with Gasteiger partial charge in [0, 0.05) is 7.05 Å². The van der Waals surface area contributed by atoms with Crippen molar-refractivity contribution in [2.75, 3.05) is 6.54 Å². The van der Waals surface area contributed by atoms with Crippen LogP contribution in [0.1, 0.15) is 44.9 Å². The third-order valence-electron chi connectivity index (χ3n) is 3.95. The summed E-state index contributed by atoms with van der Waals surface area (Å²) in [7, 11) is 1.99. The predicted octanol–water partition coefficient (Wildman–Crippen LogP) is 2.12. The van der Waals surface area contributed by atoms with E-state index in [1.165, 1.54) is 32.1 Å². The zero-order valence-corrected chi connectivity index (χ0v) is 11.0. The molecule has 17 heavy (non-hydrogen) atoms. The Bertz CT molecular complexity index is 326. The summed E-state index contributed by atoms with van der Waals surface area (Å²) in [4.78, 5) is 0. The summed E-state index contributed by atoms with van der Waals surface area (Å²) in [5.41, 5.74) is 0. The fourth-order valence-corrected chi connectivity index (χ4v) is 2.59. The molecule has 1 aromatic rings. The lowest BCUT2D eigenvalue weighted by atomic mass is 9.81. The molecule has 1 heterocycles. The minimum Gasteiger partial charge on any atom is -0.320 e. The molecule has 1 N–H and O–H groups in total. The topological polar surface area (TPSA) is 42.7 Å². The lowest BCUT2D eigenvalue weighted by Crippen LogP contribution is -2.21. The molecule has 0 saturated heterocycles. The number of aryl methyl sites for hydroxylation is 1. The van der Waals surface area contributed by atoms with Gasteiger partial charge in [0.05, 0.1) is 6.54 Å². The maximum atomic E-state index is 4.06. The van der Waals surface area contributed by atoms with Crippen molar-refractivity contribution in [1.82, 2.24) is 20.1 Å². The molecule has 0 aromatic carbocycles. The van der Waals surface area contributed by atoms with Crippen molar-refractivity contribution in [3.63, 3.8) is 0 Å². The largest absolute Gasteiger partial charge is 0.320 e. The van der Waals surface area contributed by atoms with Crippen LogP contribution in [0.3, 0.4) is 0 Å². The molecule has 0 bridgehead atoms. The smallest absolute Gasteiger partial charge is 0.146 e. The third kappa shape index (κ3) is 3.80. The second-order valence-electron chi connectivity index (χ2n) is 5.45. The van der Waals surface area contributed by atoms with Crippen LogP contribution < -0.4 is 5.32 Å². The Morgan fingerprint density at radius 2 is 2.12 bits per heavy atom. The number of hydrogen-bond donors (Lipinski definition) is 1. The fourth-order valence-electron chi connectivity index (χ4n) is 2.59. The zero-order chi connectivity index (χ0) is 12.1. The minimum atomic E-state index is 0.833. The van der Waals surface area contributed by atoms with Gasteiger partial charge in [-0.15, -0.1) is 10.2 Å². The summed E-state index contributed by atoms with van der Waals surface area (Å²) in [5, 5.41) is 11.4. The average molecular weight is 236 g/mol. The van der Waals surface area contributed by atoms with Crippen LogP contribution >= 0.6 is 0 Å². The first-order valence-electron chi connectivity index (χ1n) is 6.79. The van der Waals surface area contributed by atoms with Gasteiger partial charge in [-0.1, -0.05) is 32.6 Å². The van der Waals surface area contributed by atoms with E-state index in [4.69, 9.17) is 0 Å². The van der Waals surface area contributed by atoms with E-state index in [2.05, 4.69) is 22.4 Å². The standard InChI is InChI=1S/C13H24N4/c1-11-3-5-12(6-4-11)7-8-14-9-13-16-15-10-17(13)2/h10-12,14H,3-9H2,1-2H3. The van der Waals surface area contributed by atoms with E-state index in [9.17, 15) is 0 Å². The van der Waals surface area contributed by atoms with Crippen molar-refractivity contribution in [2.45, 2.75) is 45.6 Å². The van der Waals surface area contributed by atoms with Crippen molar-refractivity contribution >= 4 is 0 Å². The van der Waals surface area contributed by atoms with E-state index in [1.807, 2.05) is 11.6 Å². The third-order valence-corrected chi connectivity index (χ3v) is 3.95. The Morgan fingerprint density at radius 3 is 2.76 bits per heavy atom. The molecule has 1 aromatic heterocycles. The predicted molar refractivity (Wildman–Crippen MR) is 68.4 cm³/mol. The monoisotopic (exact) mass is 236 g/mol. The maximum Gasteiger partial charge on any atom is 0.146 e. The first kappa shape index (κ1) is 12.6. The number of rotatable bonds is 5. The van der Waals surface area contributed by atoms with Crippen molar-refractivity contribution in [3.05, 3.63) is 12.2 Å². The lowest BCUT2D eigenvalue weighted by Gasteiger charge is -2.26. The SMILES string of the molecule is CC1CCC(CCNCc2nncn2C)CC1. The second-order valence-corrected chi connectivity index (χ2v) is 5.45. The van der Waals surface area contributed by atoms with Gasteiger partial charge in [-0.25, -0.2) is 0 Å². The quantitative estimate of drug-likeness (QED) is 0.796. The van der Waals surface area contributed by atoms with Gasteiger partial charge in [0.1, 0.15) is 12.2 Å². The van der Waals surface area contributed by atoms with Crippen LogP contribution in [-0.4, -0.2) is 21.3 Å². The molecule has 1 aliphatic carbocycles. The van der Waals surface area contributed by atoms with Crippen LogP contribution in [0.25, 0.3) is 0 Å². The first-order valence-corrected chi connectivity index (χ1v) is 6.79. The van der Waals surface area contributed by atoms with Crippen LogP contribution in [0.15, 0.2) is 6.33 Å². The van der Waals surface area contributed by atoms with Gasteiger partial charge in [0.15, 0.2) is 0 Å². The van der Waals surface area contributed by atoms with Crippen LogP contribution in [-0.2, 0) is 13.6 Å². The highest BCUT2D eigenvalue weighted by molar-refractivity contribution is 4.83. The number of aromatic nitrogens is 3. The summed E-state index contributed by atoms with van der Waals surface area (Å²) in [6.45, 7) is 4.31. The average Bonchev–Trinajstić information content (AvgIpc) is 2.73. The van der Waals surface area contributed by atoms with Crippen LogP contribution in [0, 0.1) is 11.8 Å². The van der Waals surface area contributed by atoms with Gasteiger partial charge in [-0.2, -0.15) is 0 Å². The van der Waals surface area contributed by atoms with Crippen LogP contribution in [0.2, 0.25) is 0 Å². The minimum absolute atomic E-state index is 0.833. The molecule has 0 amide bonds. The van der Waals surface area contributed by atoms with Gasteiger partial charge in [0.2, 0.25) is 0 Å². The molecule has 1 fully saturated rings. The Kier molecular flexibility index (Phi) is 4.54. The summed E-state index contributed by atoms with van der Waals surface area (Å²) in [6, 6.07) is 0. The van der Waals surface area contributed by atoms with E-state index in [1.54, 1.807) is 6.33 Å². The van der Waals surface area contributed by atoms with Crippen molar-refractivity contribution in [2.24, 2.45) is 18.9 Å². The molecular formula is C13H24N4. The molecule has 4 nitrogen and oxygen atoms in total. The highest BCUT2D eigenvalue weighted by Crippen LogP contribution is 2.29. The molecule has 0 spiro atoms. The number of hydrogen-bond acceptors (Lipinski definition) is 3. The molecular weight excluding hydrogens is 212 g/mol. The molecule has 0 aliphatic heterocycles. The van der Waals surface area contributed by atoms with Crippen LogP contribution in [0.5, 0.6) is 0 Å².